The molecule has 4 nitrogen and oxygen atoms in total. The van der Waals surface area contributed by atoms with Crippen LogP contribution < -0.4 is 5.32 Å². The number of halogens is 2. The van der Waals surface area contributed by atoms with Crippen molar-refractivity contribution in [3.8, 4) is 0 Å². The summed E-state index contributed by atoms with van der Waals surface area (Å²) in [5.41, 5.74) is 2.60. The van der Waals surface area contributed by atoms with Crippen LogP contribution in [0.5, 0.6) is 0 Å². The molecule has 0 bridgehead atoms. The highest BCUT2D eigenvalue weighted by atomic mass is 35.5. The fraction of sp³-hybridized carbons (Fsp3) is 0.250. The SMILES string of the molecule is Cc1cc(F)c2c(c1)cc(C)n2CCNc1cc(Cl)ncn1. The number of hydrogen-bond donors (Lipinski definition) is 1. The first-order valence-electron chi connectivity index (χ1n) is 7.02. The monoisotopic (exact) mass is 318 g/mol. The van der Waals surface area contributed by atoms with Gasteiger partial charge in [0.15, 0.2) is 0 Å². The van der Waals surface area contributed by atoms with Crippen LogP contribution in [0.15, 0.2) is 30.6 Å². The Hall–Kier alpha value is -2.14. The van der Waals surface area contributed by atoms with Crippen LogP contribution >= 0.6 is 11.6 Å². The smallest absolute Gasteiger partial charge is 0.147 e. The average Bonchev–Trinajstić information content (AvgIpc) is 2.75. The minimum absolute atomic E-state index is 0.187. The Morgan fingerprint density at radius 2 is 2.00 bits per heavy atom. The van der Waals surface area contributed by atoms with Crippen molar-refractivity contribution in [2.75, 3.05) is 11.9 Å². The molecule has 1 aromatic carbocycles. The summed E-state index contributed by atoms with van der Waals surface area (Å²) in [5.74, 6) is 0.471. The van der Waals surface area contributed by atoms with Gasteiger partial charge in [0.1, 0.15) is 23.1 Å². The predicted octanol–water partition coefficient (Wildman–Crippen LogP) is 3.95. The summed E-state index contributed by atoms with van der Waals surface area (Å²) < 4.78 is 16.2. The van der Waals surface area contributed by atoms with Gasteiger partial charge in [-0.15, -0.1) is 0 Å². The van der Waals surface area contributed by atoms with E-state index in [9.17, 15) is 4.39 Å². The van der Waals surface area contributed by atoms with Crippen molar-refractivity contribution in [3.63, 3.8) is 0 Å². The zero-order valence-electron chi connectivity index (χ0n) is 12.4. The Bertz CT molecular complexity index is 828. The van der Waals surface area contributed by atoms with Gasteiger partial charge >= 0.3 is 0 Å². The quantitative estimate of drug-likeness (QED) is 0.741. The summed E-state index contributed by atoms with van der Waals surface area (Å²) in [6, 6.07) is 7.23. The maximum absolute atomic E-state index is 14.2. The van der Waals surface area contributed by atoms with Gasteiger partial charge in [0, 0.05) is 30.2 Å². The number of fused-ring (bicyclic) bond motifs is 1. The van der Waals surface area contributed by atoms with Gasteiger partial charge in [-0.25, -0.2) is 14.4 Å². The molecule has 0 spiro atoms. The standard InChI is InChI=1S/C16H16ClFN4/c1-10-5-12-7-11(2)22(16(12)13(18)6-10)4-3-19-15-8-14(17)20-9-21-15/h5-9H,3-4H2,1-2H3,(H,19,20,21). The molecule has 0 saturated carbocycles. The summed E-state index contributed by atoms with van der Waals surface area (Å²) in [5, 5.41) is 4.49. The molecule has 0 amide bonds. The van der Waals surface area contributed by atoms with E-state index in [2.05, 4.69) is 15.3 Å². The lowest BCUT2D eigenvalue weighted by Gasteiger charge is -2.10. The average molecular weight is 319 g/mol. The number of hydrogen-bond acceptors (Lipinski definition) is 3. The number of aryl methyl sites for hydroxylation is 2. The summed E-state index contributed by atoms with van der Waals surface area (Å²) in [7, 11) is 0. The van der Waals surface area contributed by atoms with E-state index < -0.39 is 0 Å². The molecule has 0 saturated heterocycles. The predicted molar refractivity (Wildman–Crippen MR) is 86.9 cm³/mol. The molecule has 0 unspecified atom stereocenters. The fourth-order valence-corrected chi connectivity index (χ4v) is 2.80. The van der Waals surface area contributed by atoms with Crippen molar-refractivity contribution in [2.45, 2.75) is 20.4 Å². The number of nitrogens with zero attached hydrogens (tertiary/aromatic N) is 3. The van der Waals surface area contributed by atoms with Crippen LogP contribution in [0.2, 0.25) is 5.15 Å². The summed E-state index contributed by atoms with van der Waals surface area (Å²) in [6.07, 6.45) is 1.41. The summed E-state index contributed by atoms with van der Waals surface area (Å²) in [6.45, 7) is 5.13. The number of nitrogens with one attached hydrogen (secondary N) is 1. The van der Waals surface area contributed by atoms with Gasteiger partial charge in [0.05, 0.1) is 5.52 Å². The van der Waals surface area contributed by atoms with Crippen LogP contribution in [-0.4, -0.2) is 21.1 Å². The lowest BCUT2D eigenvalue weighted by atomic mass is 10.2. The molecule has 6 heteroatoms. The zero-order valence-corrected chi connectivity index (χ0v) is 13.2. The van der Waals surface area contributed by atoms with E-state index in [0.29, 0.717) is 29.6 Å². The molecule has 3 rings (SSSR count). The van der Waals surface area contributed by atoms with Crippen LogP contribution in [0.4, 0.5) is 10.2 Å². The van der Waals surface area contributed by atoms with Crippen LogP contribution in [0.3, 0.4) is 0 Å². The highest BCUT2D eigenvalue weighted by Crippen LogP contribution is 2.24. The number of benzene rings is 1. The molecule has 3 aromatic rings. The Morgan fingerprint density at radius 1 is 1.18 bits per heavy atom. The highest BCUT2D eigenvalue weighted by Gasteiger charge is 2.11. The van der Waals surface area contributed by atoms with E-state index in [1.165, 1.54) is 6.33 Å². The first kappa shape index (κ1) is 14.8. The molecule has 0 aliphatic heterocycles. The second-order valence-electron chi connectivity index (χ2n) is 5.27. The molecular weight excluding hydrogens is 303 g/mol. The second kappa shape index (κ2) is 5.93. The maximum Gasteiger partial charge on any atom is 0.147 e. The lowest BCUT2D eigenvalue weighted by molar-refractivity contribution is 0.620. The first-order valence-corrected chi connectivity index (χ1v) is 7.40. The molecule has 2 aromatic heterocycles. The number of anilines is 1. The molecule has 114 valence electrons. The minimum atomic E-state index is -0.187. The molecule has 0 radical (unpaired) electrons. The molecule has 22 heavy (non-hydrogen) atoms. The van der Waals surface area contributed by atoms with Crippen LogP contribution in [0.1, 0.15) is 11.3 Å². The maximum atomic E-state index is 14.2. The van der Waals surface area contributed by atoms with E-state index in [0.717, 1.165) is 16.6 Å². The third-order valence-electron chi connectivity index (χ3n) is 3.57. The molecule has 0 fully saturated rings. The molecule has 0 atom stereocenters. The Kier molecular flexibility index (Phi) is 3.98. The third kappa shape index (κ3) is 2.90. The van der Waals surface area contributed by atoms with E-state index in [-0.39, 0.29) is 5.82 Å². The topological polar surface area (TPSA) is 42.7 Å². The van der Waals surface area contributed by atoms with Crippen molar-refractivity contribution in [2.24, 2.45) is 0 Å². The van der Waals surface area contributed by atoms with E-state index >= 15 is 0 Å². The van der Waals surface area contributed by atoms with Gasteiger partial charge < -0.3 is 9.88 Å². The van der Waals surface area contributed by atoms with Gasteiger partial charge in [0.25, 0.3) is 0 Å². The molecular formula is C16H16ClFN4. The van der Waals surface area contributed by atoms with Crippen molar-refractivity contribution < 1.29 is 4.39 Å². The molecule has 0 aliphatic rings. The zero-order chi connectivity index (χ0) is 15.7. The molecule has 1 N–H and O–H groups in total. The Labute approximate surface area is 133 Å². The lowest BCUT2D eigenvalue weighted by Crippen LogP contribution is -2.12. The third-order valence-corrected chi connectivity index (χ3v) is 3.78. The van der Waals surface area contributed by atoms with Crippen molar-refractivity contribution in [3.05, 3.63) is 52.8 Å². The molecule has 2 heterocycles. The first-order chi connectivity index (χ1) is 10.5. The van der Waals surface area contributed by atoms with E-state index in [1.54, 1.807) is 12.1 Å². The number of aromatic nitrogens is 3. The van der Waals surface area contributed by atoms with E-state index in [1.807, 2.05) is 30.5 Å². The van der Waals surface area contributed by atoms with Crippen LogP contribution in [0, 0.1) is 19.7 Å². The van der Waals surface area contributed by atoms with Crippen molar-refractivity contribution >= 4 is 28.3 Å². The van der Waals surface area contributed by atoms with Crippen LogP contribution in [-0.2, 0) is 6.54 Å². The van der Waals surface area contributed by atoms with Gasteiger partial charge in [0.2, 0.25) is 0 Å². The fourth-order valence-electron chi connectivity index (χ4n) is 2.65. The highest BCUT2D eigenvalue weighted by molar-refractivity contribution is 6.29. The van der Waals surface area contributed by atoms with Crippen molar-refractivity contribution in [1.82, 2.24) is 14.5 Å². The summed E-state index contributed by atoms with van der Waals surface area (Å²) in [4.78, 5) is 7.91. The second-order valence-corrected chi connectivity index (χ2v) is 5.66. The van der Waals surface area contributed by atoms with Crippen molar-refractivity contribution in [1.29, 1.82) is 0 Å². The number of rotatable bonds is 4. The van der Waals surface area contributed by atoms with Crippen LogP contribution in [0.25, 0.3) is 10.9 Å². The minimum Gasteiger partial charge on any atom is -0.368 e. The largest absolute Gasteiger partial charge is 0.368 e. The van der Waals surface area contributed by atoms with E-state index in [4.69, 9.17) is 11.6 Å². The summed E-state index contributed by atoms with van der Waals surface area (Å²) >= 11 is 5.82. The van der Waals surface area contributed by atoms with Gasteiger partial charge in [-0.1, -0.05) is 11.6 Å². The molecule has 0 aliphatic carbocycles. The van der Waals surface area contributed by atoms with Gasteiger partial charge in [-0.2, -0.15) is 0 Å². The Morgan fingerprint density at radius 3 is 2.77 bits per heavy atom. The Balaban J connectivity index is 1.81. The van der Waals surface area contributed by atoms with Gasteiger partial charge in [-0.05, 0) is 37.6 Å². The van der Waals surface area contributed by atoms with Gasteiger partial charge in [-0.3, -0.25) is 0 Å². The normalized spacial score (nSPS) is 11.1.